The van der Waals surface area contributed by atoms with Crippen LogP contribution >= 0.6 is 11.8 Å². The summed E-state index contributed by atoms with van der Waals surface area (Å²) in [7, 11) is 0. The van der Waals surface area contributed by atoms with E-state index in [2.05, 4.69) is 15.2 Å². The second-order valence-electron chi connectivity index (χ2n) is 7.96. The summed E-state index contributed by atoms with van der Waals surface area (Å²) >= 11 is 1.30. The van der Waals surface area contributed by atoms with Gasteiger partial charge in [-0.2, -0.15) is 0 Å². The number of rotatable bonds is 9. The van der Waals surface area contributed by atoms with E-state index in [0.29, 0.717) is 29.8 Å². The van der Waals surface area contributed by atoms with Gasteiger partial charge >= 0.3 is 0 Å². The molecule has 3 heterocycles. The highest BCUT2D eigenvalue weighted by molar-refractivity contribution is 7.99. The maximum atomic E-state index is 13.5. The van der Waals surface area contributed by atoms with Gasteiger partial charge in [0.1, 0.15) is 11.6 Å². The highest BCUT2D eigenvalue weighted by Gasteiger charge is 2.21. The van der Waals surface area contributed by atoms with Gasteiger partial charge in [0.05, 0.1) is 18.6 Å². The van der Waals surface area contributed by atoms with E-state index in [1.807, 2.05) is 53.1 Å². The van der Waals surface area contributed by atoms with Crippen molar-refractivity contribution in [2.75, 3.05) is 5.75 Å². The van der Waals surface area contributed by atoms with Crippen LogP contribution in [0.4, 0.5) is 4.39 Å². The molecule has 1 amide bonds. The molecule has 0 aliphatic rings. The van der Waals surface area contributed by atoms with E-state index < -0.39 is 0 Å². The van der Waals surface area contributed by atoms with Crippen LogP contribution in [0.5, 0.6) is 0 Å². The van der Waals surface area contributed by atoms with Crippen molar-refractivity contribution in [1.82, 2.24) is 24.6 Å². The maximum Gasteiger partial charge on any atom is 0.233 e. The van der Waals surface area contributed by atoms with E-state index in [0.717, 1.165) is 16.8 Å². The van der Waals surface area contributed by atoms with Crippen molar-refractivity contribution in [3.05, 3.63) is 115 Å². The zero-order valence-corrected chi connectivity index (χ0v) is 20.0. The highest BCUT2D eigenvalue weighted by Crippen LogP contribution is 2.28. The van der Waals surface area contributed by atoms with E-state index in [4.69, 9.17) is 4.42 Å². The number of nitrogens with zero attached hydrogens (tertiary/aromatic N) is 5. The summed E-state index contributed by atoms with van der Waals surface area (Å²) in [6.45, 7) is 0.744. The number of furan rings is 1. The molecule has 5 aromatic rings. The standard InChI is InChI=1S/C27H22FN5O2S/c28-22-12-10-21(11-13-22)26-30-31-27(33(26)23-7-2-1-3-8-23)36-19-25(34)32(18-24-9-5-15-35-24)17-20-6-4-14-29-16-20/h1-16H,17-19H2. The van der Waals surface area contributed by atoms with Gasteiger partial charge in [-0.25, -0.2) is 4.39 Å². The molecule has 0 aliphatic carbocycles. The van der Waals surface area contributed by atoms with E-state index in [-0.39, 0.29) is 17.5 Å². The normalized spacial score (nSPS) is 10.9. The number of aromatic nitrogens is 4. The lowest BCUT2D eigenvalue weighted by Gasteiger charge is -2.21. The Morgan fingerprint density at radius 2 is 1.78 bits per heavy atom. The van der Waals surface area contributed by atoms with Crippen LogP contribution in [-0.4, -0.2) is 36.3 Å². The summed E-state index contributed by atoms with van der Waals surface area (Å²) in [5.74, 6) is 1.01. The lowest BCUT2D eigenvalue weighted by Crippen LogP contribution is -2.31. The zero-order valence-electron chi connectivity index (χ0n) is 19.2. The molecule has 0 spiro atoms. The molecule has 0 radical (unpaired) electrons. The van der Waals surface area contributed by atoms with E-state index in [9.17, 15) is 9.18 Å². The summed E-state index contributed by atoms with van der Waals surface area (Å²) in [6, 6.07) is 23.2. The minimum atomic E-state index is -0.324. The molecule has 0 saturated carbocycles. The summed E-state index contributed by atoms with van der Waals surface area (Å²) < 4.78 is 20.9. The first-order valence-electron chi connectivity index (χ1n) is 11.3. The fraction of sp³-hybridized carbons (Fsp3) is 0.111. The van der Waals surface area contributed by atoms with Crippen LogP contribution in [0.3, 0.4) is 0 Å². The van der Waals surface area contributed by atoms with Crippen molar-refractivity contribution in [2.24, 2.45) is 0 Å². The Morgan fingerprint density at radius 3 is 2.50 bits per heavy atom. The van der Waals surface area contributed by atoms with Gasteiger partial charge < -0.3 is 9.32 Å². The van der Waals surface area contributed by atoms with Crippen molar-refractivity contribution in [3.8, 4) is 17.1 Å². The Hall–Kier alpha value is -4.24. The van der Waals surface area contributed by atoms with Crippen LogP contribution < -0.4 is 0 Å². The Labute approximate surface area is 211 Å². The third-order valence-electron chi connectivity index (χ3n) is 5.45. The van der Waals surface area contributed by atoms with Crippen LogP contribution in [0, 0.1) is 5.82 Å². The van der Waals surface area contributed by atoms with Crippen molar-refractivity contribution >= 4 is 17.7 Å². The molecule has 5 rings (SSSR count). The Kier molecular flexibility index (Phi) is 7.18. The van der Waals surface area contributed by atoms with Gasteiger partial charge in [0.2, 0.25) is 5.91 Å². The predicted molar refractivity (Wildman–Crippen MR) is 135 cm³/mol. The number of para-hydroxylation sites is 1. The molecular weight excluding hydrogens is 477 g/mol. The largest absolute Gasteiger partial charge is 0.467 e. The Balaban J connectivity index is 1.40. The van der Waals surface area contributed by atoms with E-state index in [1.165, 1.54) is 23.9 Å². The first-order chi connectivity index (χ1) is 17.7. The van der Waals surface area contributed by atoms with E-state index in [1.54, 1.807) is 41.8 Å². The van der Waals surface area contributed by atoms with E-state index >= 15 is 0 Å². The first kappa shape index (κ1) is 23.5. The predicted octanol–water partition coefficient (Wildman–Crippen LogP) is 5.38. The van der Waals surface area contributed by atoms with Crippen LogP contribution in [0.25, 0.3) is 17.1 Å². The van der Waals surface area contributed by atoms with Gasteiger partial charge in [0.15, 0.2) is 11.0 Å². The molecule has 3 aromatic heterocycles. The summed E-state index contributed by atoms with van der Waals surface area (Å²) in [4.78, 5) is 19.2. The second-order valence-corrected chi connectivity index (χ2v) is 8.91. The number of carbonyl (C=O) groups is 1. The van der Waals surface area contributed by atoms with Crippen molar-refractivity contribution < 1.29 is 13.6 Å². The molecule has 0 saturated heterocycles. The van der Waals surface area contributed by atoms with Gasteiger partial charge in [-0.1, -0.05) is 36.0 Å². The number of carbonyl (C=O) groups excluding carboxylic acids is 1. The van der Waals surface area contributed by atoms with Crippen LogP contribution in [0.15, 0.2) is 107 Å². The fourth-order valence-corrected chi connectivity index (χ4v) is 4.57. The molecule has 0 atom stereocenters. The number of benzene rings is 2. The summed E-state index contributed by atoms with van der Waals surface area (Å²) in [5.41, 5.74) is 2.50. The van der Waals surface area contributed by atoms with Gasteiger partial charge in [-0.3, -0.25) is 14.3 Å². The van der Waals surface area contributed by atoms with Gasteiger partial charge in [0.25, 0.3) is 0 Å². The van der Waals surface area contributed by atoms with Crippen LogP contribution in [0.2, 0.25) is 0 Å². The Morgan fingerprint density at radius 1 is 0.944 bits per heavy atom. The maximum absolute atomic E-state index is 13.5. The molecule has 0 unspecified atom stereocenters. The number of thioether (sulfide) groups is 1. The number of halogens is 1. The van der Waals surface area contributed by atoms with Crippen LogP contribution in [-0.2, 0) is 17.9 Å². The summed E-state index contributed by atoms with van der Waals surface area (Å²) in [5, 5.41) is 9.29. The quantitative estimate of drug-likeness (QED) is 0.253. The van der Waals surface area contributed by atoms with Crippen LogP contribution in [0.1, 0.15) is 11.3 Å². The SMILES string of the molecule is O=C(CSc1nnc(-c2ccc(F)cc2)n1-c1ccccc1)N(Cc1cccnc1)Cc1ccco1. The number of amides is 1. The minimum Gasteiger partial charge on any atom is -0.467 e. The topological polar surface area (TPSA) is 77.1 Å². The van der Waals surface area contributed by atoms with Crippen molar-refractivity contribution in [1.29, 1.82) is 0 Å². The Bertz CT molecular complexity index is 1410. The molecule has 0 fully saturated rings. The fourth-order valence-electron chi connectivity index (χ4n) is 3.71. The van der Waals surface area contributed by atoms with Gasteiger partial charge in [0, 0.05) is 30.2 Å². The lowest BCUT2D eigenvalue weighted by atomic mass is 10.2. The average molecular weight is 500 g/mol. The highest BCUT2D eigenvalue weighted by atomic mass is 32.2. The molecule has 36 heavy (non-hydrogen) atoms. The summed E-state index contributed by atoms with van der Waals surface area (Å²) in [6.07, 6.45) is 5.04. The van der Waals surface area contributed by atoms with Gasteiger partial charge in [-0.05, 0) is 60.2 Å². The van der Waals surface area contributed by atoms with Crippen molar-refractivity contribution in [3.63, 3.8) is 0 Å². The average Bonchev–Trinajstić information content (AvgIpc) is 3.58. The lowest BCUT2D eigenvalue weighted by molar-refractivity contribution is -0.129. The zero-order chi connectivity index (χ0) is 24.7. The number of pyridine rings is 1. The minimum absolute atomic E-state index is 0.0776. The molecule has 0 aliphatic heterocycles. The molecule has 2 aromatic carbocycles. The number of hydrogen-bond donors (Lipinski definition) is 0. The third kappa shape index (κ3) is 5.52. The molecule has 0 N–H and O–H groups in total. The molecular formula is C27H22FN5O2S. The molecule has 7 nitrogen and oxygen atoms in total. The number of hydrogen-bond acceptors (Lipinski definition) is 6. The van der Waals surface area contributed by atoms with Gasteiger partial charge in [-0.15, -0.1) is 10.2 Å². The second kappa shape index (κ2) is 11.0. The third-order valence-corrected chi connectivity index (χ3v) is 6.36. The van der Waals surface area contributed by atoms with Crippen molar-refractivity contribution in [2.45, 2.75) is 18.2 Å². The first-order valence-corrected chi connectivity index (χ1v) is 12.2. The molecule has 0 bridgehead atoms. The molecule has 180 valence electrons. The monoisotopic (exact) mass is 499 g/mol. The molecule has 9 heteroatoms. The smallest absolute Gasteiger partial charge is 0.233 e.